The molecule has 5 heteroatoms. The van der Waals surface area contributed by atoms with Crippen LogP contribution in [0.5, 0.6) is 0 Å². The quantitative estimate of drug-likeness (QED) is 0.866. The third kappa shape index (κ3) is 3.77. The molecular formula is C14H19N3O2. The van der Waals surface area contributed by atoms with E-state index in [4.69, 9.17) is 0 Å². The first-order valence-corrected chi connectivity index (χ1v) is 6.66. The summed E-state index contributed by atoms with van der Waals surface area (Å²) < 4.78 is 0. The molecule has 19 heavy (non-hydrogen) atoms. The van der Waals surface area contributed by atoms with E-state index in [9.17, 15) is 9.59 Å². The maximum atomic E-state index is 12.3. The number of aromatic nitrogens is 1. The van der Waals surface area contributed by atoms with Crippen LogP contribution in [0.1, 0.15) is 32.6 Å². The van der Waals surface area contributed by atoms with Gasteiger partial charge in [-0.15, -0.1) is 0 Å². The molecule has 0 saturated heterocycles. The Labute approximate surface area is 112 Å². The van der Waals surface area contributed by atoms with Crippen molar-refractivity contribution in [2.24, 2.45) is 5.92 Å². The fourth-order valence-corrected chi connectivity index (χ4v) is 2.55. The normalized spacial score (nSPS) is 16.9. The molecule has 1 fully saturated rings. The molecule has 1 atom stereocenters. The summed E-state index contributed by atoms with van der Waals surface area (Å²) in [5.41, 5.74) is 0. The Hall–Kier alpha value is -1.91. The van der Waals surface area contributed by atoms with Crippen LogP contribution < -0.4 is 10.6 Å². The smallest absolute Gasteiger partial charge is 0.248 e. The van der Waals surface area contributed by atoms with E-state index in [1.807, 2.05) is 6.07 Å². The lowest BCUT2D eigenvalue weighted by Gasteiger charge is -2.23. The van der Waals surface area contributed by atoms with Crippen LogP contribution in [0.2, 0.25) is 0 Å². The Balaban J connectivity index is 2.04. The molecule has 1 aliphatic carbocycles. The van der Waals surface area contributed by atoms with Crippen molar-refractivity contribution in [2.45, 2.75) is 38.6 Å². The first kappa shape index (κ1) is 13.5. The molecule has 1 heterocycles. The Bertz CT molecular complexity index is 441. The zero-order valence-corrected chi connectivity index (χ0v) is 11.1. The molecule has 5 nitrogen and oxygen atoms in total. The van der Waals surface area contributed by atoms with Crippen molar-refractivity contribution < 1.29 is 9.59 Å². The first-order chi connectivity index (χ1) is 9.16. The van der Waals surface area contributed by atoms with Crippen LogP contribution >= 0.6 is 0 Å². The van der Waals surface area contributed by atoms with E-state index in [2.05, 4.69) is 15.6 Å². The summed E-state index contributed by atoms with van der Waals surface area (Å²) >= 11 is 0. The largest absolute Gasteiger partial charge is 0.344 e. The lowest BCUT2D eigenvalue weighted by atomic mass is 9.97. The van der Waals surface area contributed by atoms with Crippen molar-refractivity contribution in [1.29, 1.82) is 0 Å². The number of hydrogen-bond donors (Lipinski definition) is 2. The van der Waals surface area contributed by atoms with Gasteiger partial charge in [0.25, 0.3) is 0 Å². The third-order valence-electron chi connectivity index (χ3n) is 3.43. The number of amides is 2. The fraction of sp³-hybridized carbons (Fsp3) is 0.500. The minimum atomic E-state index is -0.456. The molecule has 0 aliphatic heterocycles. The highest BCUT2D eigenvalue weighted by Crippen LogP contribution is 2.28. The van der Waals surface area contributed by atoms with Crippen molar-refractivity contribution in [3.63, 3.8) is 0 Å². The van der Waals surface area contributed by atoms with E-state index in [1.54, 1.807) is 18.3 Å². The predicted octanol–water partition coefficient (Wildman–Crippen LogP) is 1.71. The standard InChI is InChI=1S/C14H19N3O2/c1-10(18)16-13(11-6-2-3-7-11)14(19)17-12-8-4-5-9-15-12/h4-5,8-9,11,13H,2-3,6-7H2,1H3,(H,16,18)(H,15,17,19)/t13-/m1/s1. The Morgan fingerprint density at radius 2 is 2.05 bits per heavy atom. The third-order valence-corrected chi connectivity index (χ3v) is 3.43. The van der Waals surface area contributed by atoms with Crippen LogP contribution in [-0.2, 0) is 9.59 Å². The molecule has 102 valence electrons. The zero-order valence-electron chi connectivity index (χ0n) is 11.1. The van der Waals surface area contributed by atoms with E-state index >= 15 is 0 Å². The van der Waals surface area contributed by atoms with Crippen LogP contribution in [0.4, 0.5) is 5.82 Å². The Morgan fingerprint density at radius 1 is 1.32 bits per heavy atom. The van der Waals surface area contributed by atoms with Gasteiger partial charge in [-0.05, 0) is 30.9 Å². The lowest BCUT2D eigenvalue weighted by molar-refractivity contribution is -0.126. The van der Waals surface area contributed by atoms with Gasteiger partial charge in [0.1, 0.15) is 11.9 Å². The average molecular weight is 261 g/mol. The number of carbonyl (C=O) groups excluding carboxylic acids is 2. The second-order valence-corrected chi connectivity index (χ2v) is 4.93. The minimum Gasteiger partial charge on any atom is -0.344 e. The number of anilines is 1. The van der Waals surface area contributed by atoms with E-state index in [0.717, 1.165) is 25.7 Å². The van der Waals surface area contributed by atoms with Crippen molar-refractivity contribution >= 4 is 17.6 Å². The van der Waals surface area contributed by atoms with Crippen LogP contribution in [0, 0.1) is 5.92 Å². The van der Waals surface area contributed by atoms with Crippen molar-refractivity contribution in [3.05, 3.63) is 24.4 Å². The summed E-state index contributed by atoms with van der Waals surface area (Å²) in [6.45, 7) is 1.44. The highest BCUT2D eigenvalue weighted by atomic mass is 16.2. The zero-order chi connectivity index (χ0) is 13.7. The highest BCUT2D eigenvalue weighted by molar-refractivity contribution is 5.96. The molecule has 0 radical (unpaired) electrons. The second-order valence-electron chi connectivity index (χ2n) is 4.93. The number of pyridine rings is 1. The van der Waals surface area contributed by atoms with Gasteiger partial charge in [-0.1, -0.05) is 18.9 Å². The number of nitrogens with one attached hydrogen (secondary N) is 2. The summed E-state index contributed by atoms with van der Waals surface area (Å²) in [5.74, 6) is 0.391. The van der Waals surface area contributed by atoms with Gasteiger partial charge in [-0.2, -0.15) is 0 Å². The summed E-state index contributed by atoms with van der Waals surface area (Å²) in [4.78, 5) is 27.6. The molecule has 1 aromatic rings. The molecule has 2 N–H and O–H groups in total. The van der Waals surface area contributed by atoms with E-state index in [1.165, 1.54) is 6.92 Å². The Kier molecular flexibility index (Phi) is 4.49. The van der Waals surface area contributed by atoms with Gasteiger partial charge in [0, 0.05) is 13.1 Å². The van der Waals surface area contributed by atoms with Gasteiger partial charge in [-0.3, -0.25) is 9.59 Å². The summed E-state index contributed by atoms with van der Waals surface area (Å²) in [6.07, 6.45) is 5.84. The van der Waals surface area contributed by atoms with E-state index < -0.39 is 6.04 Å². The lowest BCUT2D eigenvalue weighted by Crippen LogP contribution is -2.47. The minimum absolute atomic E-state index is 0.173. The van der Waals surface area contributed by atoms with Gasteiger partial charge in [0.05, 0.1) is 0 Å². The topological polar surface area (TPSA) is 71.1 Å². The highest BCUT2D eigenvalue weighted by Gasteiger charge is 2.31. The molecule has 2 rings (SSSR count). The SMILES string of the molecule is CC(=O)N[C@@H](C(=O)Nc1ccccn1)C1CCCC1. The van der Waals surface area contributed by atoms with Crippen molar-refractivity contribution in [2.75, 3.05) is 5.32 Å². The predicted molar refractivity (Wildman–Crippen MR) is 72.4 cm³/mol. The van der Waals surface area contributed by atoms with Crippen LogP contribution in [0.15, 0.2) is 24.4 Å². The van der Waals surface area contributed by atoms with Crippen LogP contribution in [0.3, 0.4) is 0 Å². The van der Waals surface area contributed by atoms with Crippen molar-refractivity contribution in [3.8, 4) is 0 Å². The molecule has 2 amide bonds. The summed E-state index contributed by atoms with van der Waals surface area (Å²) in [6, 6.07) is 4.88. The van der Waals surface area contributed by atoms with E-state index in [0.29, 0.717) is 5.82 Å². The maximum absolute atomic E-state index is 12.3. The molecule has 0 unspecified atom stereocenters. The van der Waals surface area contributed by atoms with Crippen LogP contribution in [-0.4, -0.2) is 22.8 Å². The van der Waals surface area contributed by atoms with Gasteiger partial charge in [0.15, 0.2) is 0 Å². The van der Waals surface area contributed by atoms with Gasteiger partial charge in [0.2, 0.25) is 11.8 Å². The van der Waals surface area contributed by atoms with Crippen molar-refractivity contribution in [1.82, 2.24) is 10.3 Å². The number of rotatable bonds is 4. The van der Waals surface area contributed by atoms with Crippen LogP contribution in [0.25, 0.3) is 0 Å². The van der Waals surface area contributed by atoms with E-state index in [-0.39, 0.29) is 17.7 Å². The first-order valence-electron chi connectivity index (χ1n) is 6.66. The average Bonchev–Trinajstić information content (AvgIpc) is 2.90. The molecule has 0 aromatic carbocycles. The number of carbonyl (C=O) groups is 2. The Morgan fingerprint density at radius 3 is 2.63 bits per heavy atom. The number of nitrogens with zero attached hydrogens (tertiary/aromatic N) is 1. The summed E-state index contributed by atoms with van der Waals surface area (Å²) in [5, 5.41) is 5.52. The molecule has 1 aromatic heterocycles. The molecule has 0 bridgehead atoms. The molecule has 1 saturated carbocycles. The molecular weight excluding hydrogens is 242 g/mol. The second kappa shape index (κ2) is 6.31. The van der Waals surface area contributed by atoms with Gasteiger partial charge in [-0.25, -0.2) is 4.98 Å². The number of hydrogen-bond acceptors (Lipinski definition) is 3. The fourth-order valence-electron chi connectivity index (χ4n) is 2.55. The monoisotopic (exact) mass is 261 g/mol. The van der Waals surface area contributed by atoms with Gasteiger partial charge >= 0.3 is 0 Å². The summed E-state index contributed by atoms with van der Waals surface area (Å²) in [7, 11) is 0. The molecule has 0 spiro atoms. The maximum Gasteiger partial charge on any atom is 0.248 e. The van der Waals surface area contributed by atoms with Gasteiger partial charge < -0.3 is 10.6 Å². The molecule has 1 aliphatic rings.